The van der Waals surface area contributed by atoms with E-state index < -0.39 is 10.0 Å². The predicted octanol–water partition coefficient (Wildman–Crippen LogP) is 5.07. The third-order valence-electron chi connectivity index (χ3n) is 5.50. The van der Waals surface area contributed by atoms with Gasteiger partial charge in [0.1, 0.15) is 15.7 Å². The lowest BCUT2D eigenvalue weighted by Crippen LogP contribution is -2.23. The van der Waals surface area contributed by atoms with Gasteiger partial charge in [-0.15, -0.1) is 11.3 Å². The van der Waals surface area contributed by atoms with E-state index in [9.17, 15) is 8.42 Å². The maximum absolute atomic E-state index is 12.3. The Balaban J connectivity index is 0.000000208. The summed E-state index contributed by atoms with van der Waals surface area (Å²) in [5.74, 6) is 1.33. The van der Waals surface area contributed by atoms with Crippen molar-refractivity contribution in [3.63, 3.8) is 0 Å². The summed E-state index contributed by atoms with van der Waals surface area (Å²) in [5, 5.41) is 0. The second kappa shape index (κ2) is 14.2. The summed E-state index contributed by atoms with van der Waals surface area (Å²) in [5.41, 5.74) is 9.81. The van der Waals surface area contributed by atoms with Crippen molar-refractivity contribution in [1.29, 1.82) is 0 Å². The molecule has 0 aliphatic rings. The third-order valence-corrected chi connectivity index (χ3v) is 9.01. The summed E-state index contributed by atoms with van der Waals surface area (Å²) in [4.78, 5) is 17.4. The van der Waals surface area contributed by atoms with Gasteiger partial charge in [0.2, 0.25) is 10.0 Å². The normalized spacial score (nSPS) is 10.9. The standard InChI is InChI=1S/C16H14BrN3O3S2.C12H13N3O/c1-23-12-8-11(20-14(9-12)13-4-2-3-7-18-13)10-19-25(21,22)16-6-5-15(17)24-16;1-16-10-6-9(8-13)15-12(7-10)11-4-2-3-5-14-11/h2-9,19H,10H2,1H3;2-7H,8,13H2,1H3. The molecular weight excluding hydrogens is 628 g/mol. The Bertz CT molecular complexity index is 1660. The fraction of sp³-hybridized carbons (Fsp3) is 0.143. The maximum Gasteiger partial charge on any atom is 0.250 e. The van der Waals surface area contributed by atoms with E-state index >= 15 is 0 Å². The highest BCUT2D eigenvalue weighted by Crippen LogP contribution is 2.26. The van der Waals surface area contributed by atoms with Crippen LogP contribution in [0.15, 0.2) is 93.2 Å². The number of hydrogen-bond donors (Lipinski definition) is 2. The first-order valence-corrected chi connectivity index (χ1v) is 15.3. The van der Waals surface area contributed by atoms with Crippen molar-refractivity contribution in [3.05, 3.63) is 100 Å². The van der Waals surface area contributed by atoms with Gasteiger partial charge in [0, 0.05) is 43.2 Å². The second-order valence-corrected chi connectivity index (χ2v) is 12.7. The number of nitrogens with zero attached hydrogens (tertiary/aromatic N) is 4. The summed E-state index contributed by atoms with van der Waals surface area (Å²) in [6.45, 7) is 0.436. The Kier molecular flexibility index (Phi) is 10.5. The molecule has 3 N–H and O–H groups in total. The van der Waals surface area contributed by atoms with Gasteiger partial charge in [0.25, 0.3) is 0 Å². The predicted molar refractivity (Wildman–Crippen MR) is 162 cm³/mol. The number of aromatic nitrogens is 4. The monoisotopic (exact) mass is 654 g/mol. The van der Waals surface area contributed by atoms with Gasteiger partial charge in [-0.2, -0.15) is 0 Å². The van der Waals surface area contributed by atoms with Gasteiger partial charge >= 0.3 is 0 Å². The van der Waals surface area contributed by atoms with E-state index in [2.05, 4.69) is 40.6 Å². The Morgan fingerprint density at radius 3 is 1.83 bits per heavy atom. The Morgan fingerprint density at radius 2 is 1.37 bits per heavy atom. The molecule has 5 heterocycles. The maximum atomic E-state index is 12.3. The molecule has 0 spiro atoms. The molecule has 5 aromatic heterocycles. The molecule has 212 valence electrons. The van der Waals surface area contributed by atoms with E-state index in [-0.39, 0.29) is 10.8 Å². The number of halogens is 1. The number of sulfonamides is 1. The van der Waals surface area contributed by atoms with E-state index in [0.717, 1.165) is 38.0 Å². The lowest BCUT2D eigenvalue weighted by molar-refractivity contribution is 0.413. The average molecular weight is 656 g/mol. The van der Waals surface area contributed by atoms with Crippen LogP contribution in [0.5, 0.6) is 11.5 Å². The summed E-state index contributed by atoms with van der Waals surface area (Å²) < 4.78 is 38.7. The SMILES string of the molecule is COc1cc(CN)nc(-c2ccccn2)c1.COc1cc(CNS(=O)(=O)c2ccc(Br)s2)nc(-c2ccccn2)c1. The zero-order valence-electron chi connectivity index (χ0n) is 22.2. The molecule has 0 aliphatic heterocycles. The smallest absolute Gasteiger partial charge is 0.250 e. The summed E-state index contributed by atoms with van der Waals surface area (Å²) in [7, 11) is -0.420. The van der Waals surface area contributed by atoms with Crippen molar-refractivity contribution < 1.29 is 17.9 Å². The number of hydrogen-bond acceptors (Lipinski definition) is 10. The van der Waals surface area contributed by atoms with Crippen LogP contribution < -0.4 is 19.9 Å². The highest BCUT2D eigenvalue weighted by molar-refractivity contribution is 9.11. The molecule has 10 nitrogen and oxygen atoms in total. The minimum absolute atomic E-state index is 0.0505. The Hall–Kier alpha value is -3.75. The van der Waals surface area contributed by atoms with Crippen LogP contribution >= 0.6 is 27.3 Å². The van der Waals surface area contributed by atoms with Crippen molar-refractivity contribution in [2.75, 3.05) is 14.2 Å². The van der Waals surface area contributed by atoms with Gasteiger partial charge in [0.05, 0.1) is 58.7 Å². The van der Waals surface area contributed by atoms with Gasteiger partial charge in [-0.25, -0.2) is 23.1 Å². The summed E-state index contributed by atoms with van der Waals surface area (Å²) >= 11 is 4.41. The molecular formula is C28H27BrN6O4S2. The number of ether oxygens (including phenoxy) is 2. The number of thiophene rings is 1. The lowest BCUT2D eigenvalue weighted by Gasteiger charge is -2.09. The van der Waals surface area contributed by atoms with Gasteiger partial charge in [-0.1, -0.05) is 12.1 Å². The molecule has 41 heavy (non-hydrogen) atoms. The summed E-state index contributed by atoms with van der Waals surface area (Å²) in [6.07, 6.45) is 3.41. The zero-order chi connectivity index (χ0) is 29.2. The highest BCUT2D eigenvalue weighted by atomic mass is 79.9. The number of pyridine rings is 4. The molecule has 0 saturated heterocycles. The van der Waals surface area contributed by atoms with Crippen LogP contribution in [0, 0.1) is 0 Å². The lowest BCUT2D eigenvalue weighted by atomic mass is 10.2. The molecule has 13 heteroatoms. The van der Waals surface area contributed by atoms with Gasteiger partial charge in [0.15, 0.2) is 0 Å². The quantitative estimate of drug-likeness (QED) is 0.223. The number of methoxy groups -OCH3 is 2. The molecule has 0 bridgehead atoms. The van der Waals surface area contributed by atoms with Crippen LogP contribution in [-0.2, 0) is 23.1 Å². The largest absolute Gasteiger partial charge is 0.497 e. The highest BCUT2D eigenvalue weighted by Gasteiger charge is 2.17. The van der Waals surface area contributed by atoms with Crippen LogP contribution in [0.3, 0.4) is 0 Å². The van der Waals surface area contributed by atoms with E-state index in [0.29, 0.717) is 29.4 Å². The minimum Gasteiger partial charge on any atom is -0.497 e. The third kappa shape index (κ3) is 8.38. The van der Waals surface area contributed by atoms with E-state index in [4.69, 9.17) is 15.2 Å². The van der Waals surface area contributed by atoms with Crippen LogP contribution in [-0.4, -0.2) is 42.6 Å². The Labute approximate surface area is 250 Å². The van der Waals surface area contributed by atoms with Gasteiger partial charge in [-0.3, -0.25) is 9.97 Å². The first-order chi connectivity index (χ1) is 19.8. The van der Waals surface area contributed by atoms with E-state index in [1.165, 1.54) is 0 Å². The van der Waals surface area contributed by atoms with Crippen molar-refractivity contribution >= 4 is 37.3 Å². The van der Waals surface area contributed by atoms with E-state index in [1.807, 2.05) is 48.5 Å². The van der Waals surface area contributed by atoms with E-state index in [1.54, 1.807) is 50.9 Å². The average Bonchev–Trinajstić information content (AvgIpc) is 3.48. The molecule has 5 aromatic rings. The zero-order valence-corrected chi connectivity index (χ0v) is 25.4. The fourth-order valence-electron chi connectivity index (χ4n) is 3.52. The molecule has 5 rings (SSSR count). The van der Waals surface area contributed by atoms with Crippen molar-refractivity contribution in [2.45, 2.75) is 17.3 Å². The van der Waals surface area contributed by atoms with Crippen molar-refractivity contribution in [2.24, 2.45) is 5.73 Å². The molecule has 0 radical (unpaired) electrons. The fourth-order valence-corrected chi connectivity index (χ4v) is 6.58. The van der Waals surface area contributed by atoms with Crippen LogP contribution in [0.2, 0.25) is 0 Å². The molecule has 0 unspecified atom stereocenters. The minimum atomic E-state index is -3.59. The van der Waals surface area contributed by atoms with Gasteiger partial charge < -0.3 is 15.2 Å². The first kappa shape index (κ1) is 30.2. The van der Waals surface area contributed by atoms with Crippen molar-refractivity contribution in [3.8, 4) is 34.3 Å². The number of nitrogens with two attached hydrogens (primary N) is 1. The molecule has 0 fully saturated rings. The van der Waals surface area contributed by atoms with Gasteiger partial charge in [-0.05, 0) is 52.3 Å². The second-order valence-electron chi connectivity index (χ2n) is 8.28. The van der Waals surface area contributed by atoms with Crippen LogP contribution in [0.4, 0.5) is 0 Å². The molecule has 0 amide bonds. The molecule has 0 saturated carbocycles. The Morgan fingerprint density at radius 1 is 0.805 bits per heavy atom. The molecule has 0 aromatic carbocycles. The number of nitrogens with one attached hydrogen (secondary N) is 1. The number of rotatable bonds is 9. The molecule has 0 aliphatic carbocycles. The topological polar surface area (TPSA) is 142 Å². The van der Waals surface area contributed by atoms with Crippen LogP contribution in [0.25, 0.3) is 22.8 Å². The summed E-state index contributed by atoms with van der Waals surface area (Å²) in [6, 6.07) is 21.6. The first-order valence-electron chi connectivity index (χ1n) is 12.2. The van der Waals surface area contributed by atoms with Crippen molar-refractivity contribution in [1.82, 2.24) is 24.7 Å². The van der Waals surface area contributed by atoms with Crippen LogP contribution in [0.1, 0.15) is 11.4 Å². The molecule has 0 atom stereocenters.